The van der Waals surface area contributed by atoms with E-state index in [1.807, 2.05) is 0 Å². The van der Waals surface area contributed by atoms with Gasteiger partial charge in [-0.25, -0.2) is 0 Å². The Labute approximate surface area is 104 Å². The Morgan fingerprint density at radius 2 is 2.25 bits per heavy atom. The quantitative estimate of drug-likeness (QED) is 0.652. The monoisotopic (exact) mass is 253 g/mol. The van der Waals surface area contributed by atoms with Gasteiger partial charge in [-0.15, -0.1) is 6.42 Å². The second kappa shape index (κ2) is 6.22. The topological polar surface area (TPSA) is 29.1 Å². The molecule has 0 atom stereocenters. The van der Waals surface area contributed by atoms with Crippen LogP contribution in [0.25, 0.3) is 6.08 Å². The van der Waals surface area contributed by atoms with E-state index in [9.17, 15) is 4.79 Å². The predicted octanol–water partition coefficient (Wildman–Crippen LogP) is 2.76. The normalized spacial score (nSPS) is 10.1. The maximum atomic E-state index is 11.2. The van der Waals surface area contributed by atoms with Gasteiger partial charge in [0.2, 0.25) is 5.91 Å². The van der Waals surface area contributed by atoms with Crippen LogP contribution in [0.5, 0.6) is 0 Å². The lowest BCUT2D eigenvalue weighted by molar-refractivity contribution is -0.116. The van der Waals surface area contributed by atoms with Gasteiger partial charge in [-0.3, -0.25) is 4.79 Å². The number of carbonyl (C=O) groups is 1. The maximum absolute atomic E-state index is 11.2. The zero-order chi connectivity index (χ0) is 12.0. The Balaban J connectivity index is 2.73. The van der Waals surface area contributed by atoms with E-state index in [1.165, 1.54) is 6.08 Å². The van der Waals surface area contributed by atoms with Crippen molar-refractivity contribution >= 4 is 35.2 Å². The number of halogens is 2. The fourth-order valence-electron chi connectivity index (χ4n) is 1.00. The molecule has 4 heteroatoms. The number of benzene rings is 1. The smallest absolute Gasteiger partial charge is 0.244 e. The minimum Gasteiger partial charge on any atom is -0.342 e. The summed E-state index contributed by atoms with van der Waals surface area (Å²) in [5.41, 5.74) is 0.685. The molecule has 2 nitrogen and oxygen atoms in total. The SMILES string of the molecule is C#CCNC(=O)/C=C/c1cc(Cl)ccc1Cl. The van der Waals surface area contributed by atoms with Gasteiger partial charge in [0.25, 0.3) is 0 Å². The van der Waals surface area contributed by atoms with Crippen LogP contribution in [0.2, 0.25) is 10.0 Å². The molecule has 0 spiro atoms. The number of terminal acetylenes is 1. The highest BCUT2D eigenvalue weighted by atomic mass is 35.5. The third-order valence-electron chi connectivity index (χ3n) is 1.74. The number of amides is 1. The second-order valence-corrected chi connectivity index (χ2v) is 3.76. The van der Waals surface area contributed by atoms with Crippen molar-refractivity contribution in [1.29, 1.82) is 0 Å². The van der Waals surface area contributed by atoms with E-state index < -0.39 is 0 Å². The van der Waals surface area contributed by atoms with E-state index >= 15 is 0 Å². The van der Waals surface area contributed by atoms with Crippen molar-refractivity contribution in [2.45, 2.75) is 0 Å². The molecule has 0 fully saturated rings. The van der Waals surface area contributed by atoms with Crippen LogP contribution >= 0.6 is 23.2 Å². The van der Waals surface area contributed by atoms with Gasteiger partial charge < -0.3 is 5.32 Å². The first-order chi connectivity index (χ1) is 7.63. The minimum atomic E-state index is -0.269. The lowest BCUT2D eigenvalue weighted by Gasteiger charge is -1.99. The van der Waals surface area contributed by atoms with E-state index in [0.29, 0.717) is 15.6 Å². The van der Waals surface area contributed by atoms with Gasteiger partial charge in [0.1, 0.15) is 0 Å². The van der Waals surface area contributed by atoms with E-state index in [2.05, 4.69) is 11.2 Å². The zero-order valence-electron chi connectivity index (χ0n) is 8.34. The first-order valence-corrected chi connectivity index (χ1v) is 5.23. The molecule has 0 radical (unpaired) electrons. The van der Waals surface area contributed by atoms with Crippen LogP contribution < -0.4 is 5.32 Å². The van der Waals surface area contributed by atoms with E-state index in [1.54, 1.807) is 24.3 Å². The van der Waals surface area contributed by atoms with E-state index in [0.717, 1.165) is 0 Å². The van der Waals surface area contributed by atoms with Crippen LogP contribution in [-0.2, 0) is 4.79 Å². The molecule has 1 N–H and O–H groups in total. The fraction of sp³-hybridized carbons (Fsp3) is 0.0833. The van der Waals surface area contributed by atoms with Crippen LogP contribution in [0.3, 0.4) is 0 Å². The van der Waals surface area contributed by atoms with Gasteiger partial charge >= 0.3 is 0 Å². The van der Waals surface area contributed by atoms with Crippen LogP contribution in [0.4, 0.5) is 0 Å². The first kappa shape index (κ1) is 12.6. The average Bonchev–Trinajstić information content (AvgIpc) is 2.27. The molecule has 0 bridgehead atoms. The summed E-state index contributed by atoms with van der Waals surface area (Å²) in [4.78, 5) is 11.2. The largest absolute Gasteiger partial charge is 0.342 e. The molecule has 0 unspecified atom stereocenters. The summed E-state index contributed by atoms with van der Waals surface area (Å²) in [7, 11) is 0. The fourth-order valence-corrected chi connectivity index (χ4v) is 1.37. The average molecular weight is 254 g/mol. The van der Waals surface area contributed by atoms with Crippen molar-refractivity contribution in [3.63, 3.8) is 0 Å². The lowest BCUT2D eigenvalue weighted by Crippen LogP contribution is -2.20. The van der Waals surface area contributed by atoms with Crippen molar-refractivity contribution in [2.24, 2.45) is 0 Å². The second-order valence-electron chi connectivity index (χ2n) is 2.92. The zero-order valence-corrected chi connectivity index (χ0v) is 9.85. The summed E-state index contributed by atoms with van der Waals surface area (Å²) in [5, 5.41) is 3.59. The molecule has 82 valence electrons. The predicted molar refractivity (Wildman–Crippen MR) is 67.3 cm³/mol. The van der Waals surface area contributed by atoms with Crippen LogP contribution in [0, 0.1) is 12.3 Å². The molecule has 0 saturated heterocycles. The summed E-state index contributed by atoms with van der Waals surface area (Å²) < 4.78 is 0. The summed E-state index contributed by atoms with van der Waals surface area (Å²) in [6.45, 7) is 0.201. The maximum Gasteiger partial charge on any atom is 0.244 e. The molecule has 0 aliphatic heterocycles. The highest BCUT2D eigenvalue weighted by Crippen LogP contribution is 2.21. The van der Waals surface area contributed by atoms with E-state index in [-0.39, 0.29) is 12.5 Å². The van der Waals surface area contributed by atoms with Crippen molar-refractivity contribution in [1.82, 2.24) is 5.32 Å². The molecule has 0 aliphatic carbocycles. The Kier molecular flexibility index (Phi) is 4.91. The molecule has 16 heavy (non-hydrogen) atoms. The Hall–Kier alpha value is -1.43. The van der Waals surface area contributed by atoms with Gasteiger partial charge in [0.15, 0.2) is 0 Å². The third kappa shape index (κ3) is 3.98. The third-order valence-corrected chi connectivity index (χ3v) is 2.32. The molecular weight excluding hydrogens is 245 g/mol. The summed E-state index contributed by atoms with van der Waals surface area (Å²) >= 11 is 11.7. The van der Waals surface area contributed by atoms with Crippen LogP contribution in [-0.4, -0.2) is 12.5 Å². The summed E-state index contributed by atoms with van der Waals surface area (Å²) in [6.07, 6.45) is 7.94. The van der Waals surface area contributed by atoms with Gasteiger partial charge in [0.05, 0.1) is 6.54 Å². The molecule has 1 amide bonds. The standard InChI is InChI=1S/C12H9Cl2NO/c1-2-7-15-12(16)6-3-9-8-10(13)4-5-11(9)14/h1,3-6,8H,7H2,(H,15,16)/b6-3+. The molecule has 0 saturated carbocycles. The van der Waals surface area contributed by atoms with Crippen LogP contribution in [0.15, 0.2) is 24.3 Å². The Morgan fingerprint density at radius 1 is 1.50 bits per heavy atom. The molecule has 1 aromatic carbocycles. The van der Waals surface area contributed by atoms with Gasteiger partial charge in [-0.05, 0) is 29.8 Å². The summed E-state index contributed by atoms with van der Waals surface area (Å²) in [6, 6.07) is 5.03. The van der Waals surface area contributed by atoms with Crippen molar-refractivity contribution in [3.8, 4) is 12.3 Å². The Bertz CT molecular complexity index is 461. The lowest BCUT2D eigenvalue weighted by atomic mass is 10.2. The van der Waals surface area contributed by atoms with Crippen LogP contribution in [0.1, 0.15) is 5.56 Å². The first-order valence-electron chi connectivity index (χ1n) is 4.48. The number of hydrogen-bond donors (Lipinski definition) is 1. The highest BCUT2D eigenvalue weighted by Gasteiger charge is 1.98. The number of hydrogen-bond acceptors (Lipinski definition) is 1. The van der Waals surface area contributed by atoms with Gasteiger partial charge in [-0.1, -0.05) is 29.1 Å². The minimum absolute atomic E-state index is 0.201. The Morgan fingerprint density at radius 3 is 2.94 bits per heavy atom. The van der Waals surface area contributed by atoms with Crippen molar-refractivity contribution in [3.05, 3.63) is 39.9 Å². The molecule has 1 aromatic rings. The molecular formula is C12H9Cl2NO. The number of rotatable bonds is 3. The van der Waals surface area contributed by atoms with E-state index in [4.69, 9.17) is 29.6 Å². The molecule has 0 heterocycles. The molecule has 0 aliphatic rings. The number of nitrogens with one attached hydrogen (secondary N) is 1. The summed E-state index contributed by atoms with van der Waals surface area (Å²) in [5.74, 6) is 2.03. The number of carbonyl (C=O) groups excluding carboxylic acids is 1. The van der Waals surface area contributed by atoms with Crippen molar-refractivity contribution < 1.29 is 4.79 Å². The van der Waals surface area contributed by atoms with Gasteiger partial charge in [0, 0.05) is 16.1 Å². The highest BCUT2D eigenvalue weighted by molar-refractivity contribution is 6.34. The van der Waals surface area contributed by atoms with Gasteiger partial charge in [-0.2, -0.15) is 0 Å². The molecule has 0 aromatic heterocycles. The molecule has 1 rings (SSSR count). The van der Waals surface area contributed by atoms with Crippen molar-refractivity contribution in [2.75, 3.05) is 6.54 Å².